The van der Waals surface area contributed by atoms with E-state index in [1.807, 2.05) is 0 Å². The van der Waals surface area contributed by atoms with E-state index in [0.717, 1.165) is 0 Å². The normalized spacial score (nSPS) is 16.8. The van der Waals surface area contributed by atoms with E-state index in [-0.39, 0.29) is 36.9 Å². The van der Waals surface area contributed by atoms with Crippen LogP contribution in [0.5, 0.6) is 11.8 Å². The molecular formula is C14H12F3N3O5. The average Bonchev–Trinajstić information content (AvgIpc) is 2.96. The van der Waals surface area contributed by atoms with Crippen molar-refractivity contribution in [2.45, 2.75) is 25.6 Å². The number of hydrogen-bond donors (Lipinski definition) is 0. The zero-order chi connectivity index (χ0) is 18.0. The van der Waals surface area contributed by atoms with Gasteiger partial charge in [-0.25, -0.2) is 0 Å². The summed E-state index contributed by atoms with van der Waals surface area (Å²) in [6, 6.07) is 5.46. The van der Waals surface area contributed by atoms with Gasteiger partial charge in [0.15, 0.2) is 0 Å². The van der Waals surface area contributed by atoms with Gasteiger partial charge in [-0.3, -0.25) is 4.57 Å². The molecule has 134 valence electrons. The summed E-state index contributed by atoms with van der Waals surface area (Å²) in [6.07, 6.45) is -3.84. The van der Waals surface area contributed by atoms with Gasteiger partial charge >= 0.3 is 18.2 Å². The van der Waals surface area contributed by atoms with Crippen molar-refractivity contribution in [2.24, 2.45) is 0 Å². The first-order valence-electron chi connectivity index (χ1n) is 7.11. The highest BCUT2D eigenvalue weighted by Gasteiger charge is 2.31. The van der Waals surface area contributed by atoms with Crippen LogP contribution in [0.3, 0.4) is 0 Å². The van der Waals surface area contributed by atoms with E-state index in [9.17, 15) is 23.3 Å². The molecule has 0 unspecified atom stereocenters. The first-order chi connectivity index (χ1) is 11.8. The predicted molar refractivity (Wildman–Crippen MR) is 76.1 cm³/mol. The highest BCUT2D eigenvalue weighted by Crippen LogP contribution is 2.24. The predicted octanol–water partition coefficient (Wildman–Crippen LogP) is 2.67. The number of nitro groups is 1. The summed E-state index contributed by atoms with van der Waals surface area (Å²) < 4.78 is 52.5. The molecule has 0 spiro atoms. The van der Waals surface area contributed by atoms with Crippen LogP contribution in [-0.2, 0) is 17.9 Å². The van der Waals surface area contributed by atoms with Crippen molar-refractivity contribution in [3.05, 3.63) is 46.1 Å². The van der Waals surface area contributed by atoms with E-state index in [1.165, 1.54) is 35.0 Å². The second-order valence-electron chi connectivity index (χ2n) is 5.23. The molecule has 1 aliphatic rings. The SMILES string of the molecule is O=[N+]([O-])c1cn2c(n1)OC[C@H](OCc1ccc(OC(F)(F)F)cc1)C2. The van der Waals surface area contributed by atoms with E-state index < -0.39 is 11.3 Å². The molecular weight excluding hydrogens is 347 g/mol. The van der Waals surface area contributed by atoms with E-state index >= 15 is 0 Å². The van der Waals surface area contributed by atoms with Gasteiger partial charge in [-0.1, -0.05) is 12.1 Å². The minimum atomic E-state index is -4.73. The molecule has 1 atom stereocenters. The number of aromatic nitrogens is 2. The second-order valence-corrected chi connectivity index (χ2v) is 5.23. The Kier molecular flexibility index (Phi) is 4.49. The molecule has 0 aliphatic carbocycles. The number of rotatable bonds is 5. The van der Waals surface area contributed by atoms with Gasteiger partial charge < -0.3 is 24.3 Å². The fourth-order valence-corrected chi connectivity index (χ4v) is 2.26. The summed E-state index contributed by atoms with van der Waals surface area (Å²) in [4.78, 5) is 13.8. The van der Waals surface area contributed by atoms with Gasteiger partial charge in [0.05, 0.1) is 13.2 Å². The van der Waals surface area contributed by atoms with Crippen molar-refractivity contribution in [1.29, 1.82) is 0 Å². The lowest BCUT2D eigenvalue weighted by molar-refractivity contribution is -0.389. The van der Waals surface area contributed by atoms with Crippen molar-refractivity contribution >= 4 is 5.82 Å². The third-order valence-corrected chi connectivity index (χ3v) is 3.36. The molecule has 3 rings (SSSR count). The van der Waals surface area contributed by atoms with Gasteiger partial charge in [0.25, 0.3) is 0 Å². The zero-order valence-corrected chi connectivity index (χ0v) is 12.6. The van der Waals surface area contributed by atoms with Gasteiger partial charge in [-0.2, -0.15) is 0 Å². The van der Waals surface area contributed by atoms with Crippen LogP contribution in [0, 0.1) is 10.1 Å². The summed E-state index contributed by atoms with van der Waals surface area (Å²) in [7, 11) is 0. The molecule has 0 radical (unpaired) electrons. The maximum absolute atomic E-state index is 12.1. The molecule has 0 bridgehead atoms. The fraction of sp³-hybridized carbons (Fsp3) is 0.357. The molecule has 8 nitrogen and oxygen atoms in total. The number of halogens is 3. The van der Waals surface area contributed by atoms with Crippen molar-refractivity contribution in [1.82, 2.24) is 9.55 Å². The monoisotopic (exact) mass is 359 g/mol. The van der Waals surface area contributed by atoms with E-state index in [2.05, 4.69) is 9.72 Å². The molecule has 25 heavy (non-hydrogen) atoms. The Bertz CT molecular complexity index is 760. The minimum absolute atomic E-state index is 0.145. The summed E-state index contributed by atoms with van der Waals surface area (Å²) >= 11 is 0. The summed E-state index contributed by atoms with van der Waals surface area (Å²) in [6.45, 7) is 0.640. The maximum Gasteiger partial charge on any atom is 0.573 e. The third kappa shape index (κ3) is 4.38. The van der Waals surface area contributed by atoms with Crippen LogP contribution < -0.4 is 9.47 Å². The Balaban J connectivity index is 1.54. The highest BCUT2D eigenvalue weighted by atomic mass is 19.4. The lowest BCUT2D eigenvalue weighted by Crippen LogP contribution is -2.32. The van der Waals surface area contributed by atoms with Crippen LogP contribution in [0.1, 0.15) is 5.56 Å². The van der Waals surface area contributed by atoms with Gasteiger partial charge in [-0.05, 0) is 22.6 Å². The number of ether oxygens (including phenoxy) is 3. The fourth-order valence-electron chi connectivity index (χ4n) is 2.26. The highest BCUT2D eigenvalue weighted by molar-refractivity contribution is 5.27. The molecule has 11 heteroatoms. The Hall–Kier alpha value is -2.82. The molecule has 2 aromatic rings. The molecule has 1 aliphatic heterocycles. The van der Waals surface area contributed by atoms with E-state index in [4.69, 9.17) is 9.47 Å². The van der Waals surface area contributed by atoms with E-state index in [1.54, 1.807) is 0 Å². The van der Waals surface area contributed by atoms with Crippen molar-refractivity contribution in [2.75, 3.05) is 6.61 Å². The van der Waals surface area contributed by atoms with Crippen LogP contribution in [0.4, 0.5) is 19.0 Å². The smallest absolute Gasteiger partial charge is 0.443 e. The summed E-state index contributed by atoms with van der Waals surface area (Å²) in [5, 5.41) is 10.7. The number of hydrogen-bond acceptors (Lipinski definition) is 6. The van der Waals surface area contributed by atoms with Crippen molar-refractivity contribution < 1.29 is 32.3 Å². The van der Waals surface area contributed by atoms with Crippen LogP contribution in [0.25, 0.3) is 0 Å². The number of fused-ring (bicyclic) bond motifs is 1. The lowest BCUT2D eigenvalue weighted by atomic mass is 10.2. The minimum Gasteiger partial charge on any atom is -0.443 e. The Morgan fingerprint density at radius 1 is 1.36 bits per heavy atom. The molecule has 0 saturated carbocycles. The zero-order valence-electron chi connectivity index (χ0n) is 12.6. The molecule has 0 N–H and O–H groups in total. The second kappa shape index (κ2) is 6.59. The average molecular weight is 359 g/mol. The third-order valence-electron chi connectivity index (χ3n) is 3.36. The Labute approximate surface area is 138 Å². The maximum atomic E-state index is 12.1. The Morgan fingerprint density at radius 3 is 2.72 bits per heavy atom. The Morgan fingerprint density at radius 2 is 2.08 bits per heavy atom. The summed E-state index contributed by atoms with van der Waals surface area (Å²) in [5.74, 6) is -0.622. The lowest BCUT2D eigenvalue weighted by Gasteiger charge is -2.22. The first kappa shape index (κ1) is 17.0. The number of benzene rings is 1. The van der Waals surface area contributed by atoms with Crippen LogP contribution in [-0.4, -0.2) is 33.5 Å². The number of nitrogens with zero attached hydrogens (tertiary/aromatic N) is 3. The van der Waals surface area contributed by atoms with Crippen LogP contribution >= 0.6 is 0 Å². The topological polar surface area (TPSA) is 88.7 Å². The standard InChI is InChI=1S/C14H12F3N3O5/c15-14(16,17)25-10-3-1-9(2-4-10)7-23-11-5-19-6-12(20(21)22)18-13(19)24-8-11/h1-4,6,11H,5,7-8H2/t11-/m1/s1. The van der Waals surface area contributed by atoms with Crippen LogP contribution in [0.2, 0.25) is 0 Å². The van der Waals surface area contributed by atoms with Crippen LogP contribution in [0.15, 0.2) is 30.5 Å². The van der Waals surface area contributed by atoms with E-state index in [0.29, 0.717) is 12.1 Å². The van der Waals surface area contributed by atoms with Gasteiger partial charge in [0.1, 0.15) is 24.7 Å². The van der Waals surface area contributed by atoms with Gasteiger partial charge in [-0.15, -0.1) is 13.2 Å². The van der Waals surface area contributed by atoms with Crippen molar-refractivity contribution in [3.63, 3.8) is 0 Å². The summed E-state index contributed by atoms with van der Waals surface area (Å²) in [5.41, 5.74) is 0.650. The van der Waals surface area contributed by atoms with Gasteiger partial charge in [0, 0.05) is 4.98 Å². The van der Waals surface area contributed by atoms with Crippen molar-refractivity contribution in [3.8, 4) is 11.8 Å². The molecule has 0 saturated heterocycles. The first-order valence-corrected chi connectivity index (χ1v) is 7.11. The molecule has 0 fully saturated rings. The largest absolute Gasteiger partial charge is 0.573 e. The molecule has 1 aromatic carbocycles. The van der Waals surface area contributed by atoms with Gasteiger partial charge in [0.2, 0.25) is 0 Å². The molecule has 0 amide bonds. The number of imidazole rings is 1. The molecule has 1 aromatic heterocycles. The number of alkyl halides is 3. The molecule has 2 heterocycles. The quantitative estimate of drug-likeness (QED) is 0.602.